The smallest absolute Gasteiger partial charge is 0.257 e. The van der Waals surface area contributed by atoms with Crippen LogP contribution in [0.15, 0.2) is 23.0 Å². The van der Waals surface area contributed by atoms with Crippen molar-refractivity contribution >= 4 is 10.9 Å². The average Bonchev–Trinajstić information content (AvgIpc) is 2.53. The van der Waals surface area contributed by atoms with Crippen LogP contribution in [0, 0.1) is 13.8 Å². The Morgan fingerprint density at radius 2 is 2.00 bits per heavy atom. The van der Waals surface area contributed by atoms with E-state index in [1.807, 2.05) is 6.07 Å². The van der Waals surface area contributed by atoms with Gasteiger partial charge in [-0.05, 0) is 37.1 Å². The highest BCUT2D eigenvalue weighted by Crippen LogP contribution is 2.18. The molecule has 1 aliphatic rings. The van der Waals surface area contributed by atoms with Crippen molar-refractivity contribution in [1.29, 1.82) is 0 Å². The van der Waals surface area contributed by atoms with Crippen LogP contribution in [-0.4, -0.2) is 44.4 Å². The third-order valence-corrected chi connectivity index (χ3v) is 4.66. The van der Waals surface area contributed by atoms with Crippen LogP contribution in [0.2, 0.25) is 0 Å². The van der Waals surface area contributed by atoms with Gasteiger partial charge in [0, 0.05) is 10.9 Å². The summed E-state index contributed by atoms with van der Waals surface area (Å²) in [6, 6.07) is 6.26. The molecule has 1 aliphatic heterocycles. The molecule has 124 valence electrons. The van der Waals surface area contributed by atoms with E-state index in [4.69, 9.17) is 4.74 Å². The summed E-state index contributed by atoms with van der Waals surface area (Å²) < 4.78 is 5.38. The fourth-order valence-corrected chi connectivity index (χ4v) is 3.34. The second-order valence-electron chi connectivity index (χ2n) is 6.56. The first-order valence-corrected chi connectivity index (χ1v) is 8.49. The molecule has 5 nitrogen and oxygen atoms in total. The fourth-order valence-electron chi connectivity index (χ4n) is 3.34. The summed E-state index contributed by atoms with van der Waals surface area (Å²) in [6.45, 7) is 11.0. The zero-order chi connectivity index (χ0) is 16.2. The normalized spacial score (nSPS) is 16.1. The van der Waals surface area contributed by atoms with Gasteiger partial charge in [0.1, 0.15) is 32.7 Å². The highest BCUT2D eigenvalue weighted by Gasteiger charge is 2.14. The number of quaternary nitrogens is 2. The molecule has 0 atom stereocenters. The SMILES string of the molecule is Cc1cc(C)c2cc(C[NH2+]CC[NH+]3CCOCC3)c(=O)[nH]c2c1. The number of ether oxygens (including phenoxy) is 1. The summed E-state index contributed by atoms with van der Waals surface area (Å²) in [6.07, 6.45) is 0. The molecule has 3 rings (SSSR count). The minimum absolute atomic E-state index is 0.0393. The minimum atomic E-state index is 0.0393. The Kier molecular flexibility index (Phi) is 5.10. The number of nitrogens with one attached hydrogen (secondary N) is 2. The van der Waals surface area contributed by atoms with Crippen LogP contribution in [0.25, 0.3) is 10.9 Å². The molecule has 5 heteroatoms. The van der Waals surface area contributed by atoms with Crippen molar-refractivity contribution in [3.8, 4) is 0 Å². The van der Waals surface area contributed by atoms with E-state index in [2.05, 4.69) is 36.3 Å². The molecule has 4 N–H and O–H groups in total. The van der Waals surface area contributed by atoms with Gasteiger partial charge in [0.25, 0.3) is 5.56 Å². The standard InChI is InChI=1S/C18H25N3O2/c1-13-9-14(2)16-11-15(18(22)20-17(16)10-13)12-19-3-4-21-5-7-23-8-6-21/h9-11,19H,3-8,12H2,1-2H3,(H,20,22)/p+2. The van der Waals surface area contributed by atoms with E-state index in [1.54, 1.807) is 4.90 Å². The predicted octanol–water partition coefficient (Wildman–Crippen LogP) is -0.877. The minimum Gasteiger partial charge on any atom is -0.370 e. The molecule has 1 saturated heterocycles. The van der Waals surface area contributed by atoms with Crippen LogP contribution in [-0.2, 0) is 11.3 Å². The summed E-state index contributed by atoms with van der Waals surface area (Å²) in [5.74, 6) is 0. The van der Waals surface area contributed by atoms with Gasteiger partial charge in [-0.3, -0.25) is 4.79 Å². The van der Waals surface area contributed by atoms with Gasteiger partial charge in [-0.2, -0.15) is 0 Å². The Balaban J connectivity index is 1.63. The van der Waals surface area contributed by atoms with Crippen molar-refractivity contribution < 1.29 is 15.0 Å². The van der Waals surface area contributed by atoms with Gasteiger partial charge in [0.2, 0.25) is 0 Å². The summed E-state index contributed by atoms with van der Waals surface area (Å²) >= 11 is 0. The van der Waals surface area contributed by atoms with E-state index >= 15 is 0 Å². The van der Waals surface area contributed by atoms with Gasteiger partial charge >= 0.3 is 0 Å². The Bertz CT molecular complexity index is 733. The van der Waals surface area contributed by atoms with Gasteiger partial charge in [-0.25, -0.2) is 0 Å². The van der Waals surface area contributed by atoms with E-state index in [-0.39, 0.29) is 5.56 Å². The first kappa shape index (κ1) is 16.2. The maximum Gasteiger partial charge on any atom is 0.257 e. The van der Waals surface area contributed by atoms with E-state index < -0.39 is 0 Å². The second-order valence-corrected chi connectivity index (χ2v) is 6.56. The van der Waals surface area contributed by atoms with Crippen LogP contribution < -0.4 is 15.8 Å². The third kappa shape index (κ3) is 3.99. The fraction of sp³-hybridized carbons (Fsp3) is 0.500. The van der Waals surface area contributed by atoms with E-state index in [0.29, 0.717) is 0 Å². The number of fused-ring (bicyclic) bond motifs is 1. The summed E-state index contributed by atoms with van der Waals surface area (Å²) in [5, 5.41) is 3.39. The van der Waals surface area contributed by atoms with E-state index in [1.165, 1.54) is 11.1 Å². The van der Waals surface area contributed by atoms with E-state index in [0.717, 1.165) is 62.4 Å². The number of hydrogen-bond donors (Lipinski definition) is 3. The van der Waals surface area contributed by atoms with Crippen LogP contribution in [0.4, 0.5) is 0 Å². The molecule has 2 heterocycles. The lowest BCUT2D eigenvalue weighted by atomic mass is 10.0. The molecule has 1 aromatic heterocycles. The summed E-state index contributed by atoms with van der Waals surface area (Å²) in [4.78, 5) is 16.9. The maximum atomic E-state index is 12.3. The molecule has 0 aliphatic carbocycles. The number of rotatable bonds is 5. The molecule has 1 fully saturated rings. The Hall–Kier alpha value is -1.69. The number of aromatic amines is 1. The molecule has 1 aromatic carbocycles. The molecule has 0 saturated carbocycles. The predicted molar refractivity (Wildman–Crippen MR) is 90.9 cm³/mol. The van der Waals surface area contributed by atoms with Crippen molar-refractivity contribution in [2.75, 3.05) is 39.4 Å². The van der Waals surface area contributed by atoms with Crippen molar-refractivity contribution in [3.63, 3.8) is 0 Å². The molecule has 0 spiro atoms. The number of nitrogens with two attached hydrogens (primary N) is 1. The number of aromatic nitrogens is 1. The highest BCUT2D eigenvalue weighted by atomic mass is 16.5. The van der Waals surface area contributed by atoms with Crippen LogP contribution >= 0.6 is 0 Å². The second kappa shape index (κ2) is 7.25. The lowest BCUT2D eigenvalue weighted by Gasteiger charge is -2.22. The van der Waals surface area contributed by atoms with Crippen molar-refractivity contribution in [1.82, 2.24) is 4.98 Å². The zero-order valence-corrected chi connectivity index (χ0v) is 14.1. The van der Waals surface area contributed by atoms with Gasteiger partial charge in [-0.15, -0.1) is 0 Å². The lowest BCUT2D eigenvalue weighted by Crippen LogP contribution is -3.16. The van der Waals surface area contributed by atoms with Crippen molar-refractivity contribution in [2.45, 2.75) is 20.4 Å². The number of H-pyrrole nitrogens is 1. The first-order chi connectivity index (χ1) is 11.1. The third-order valence-electron chi connectivity index (χ3n) is 4.66. The number of aryl methyl sites for hydroxylation is 2. The Morgan fingerprint density at radius 1 is 1.22 bits per heavy atom. The Labute approximate surface area is 136 Å². The van der Waals surface area contributed by atoms with Crippen LogP contribution in [0.3, 0.4) is 0 Å². The highest BCUT2D eigenvalue weighted by molar-refractivity contribution is 5.83. The van der Waals surface area contributed by atoms with Crippen LogP contribution in [0.5, 0.6) is 0 Å². The first-order valence-electron chi connectivity index (χ1n) is 8.49. The zero-order valence-electron chi connectivity index (χ0n) is 14.1. The van der Waals surface area contributed by atoms with Crippen molar-refractivity contribution in [2.24, 2.45) is 0 Å². The molecule has 0 radical (unpaired) electrons. The number of hydrogen-bond acceptors (Lipinski definition) is 2. The largest absolute Gasteiger partial charge is 0.370 e. The number of morpholine rings is 1. The molecule has 0 amide bonds. The number of benzene rings is 1. The molecule has 0 bridgehead atoms. The monoisotopic (exact) mass is 317 g/mol. The average molecular weight is 317 g/mol. The van der Waals surface area contributed by atoms with Gasteiger partial charge in [-0.1, -0.05) is 6.07 Å². The van der Waals surface area contributed by atoms with E-state index in [9.17, 15) is 4.79 Å². The lowest BCUT2D eigenvalue weighted by molar-refractivity contribution is -0.920. The quantitative estimate of drug-likeness (QED) is 0.628. The van der Waals surface area contributed by atoms with Gasteiger partial charge in [0.15, 0.2) is 0 Å². The summed E-state index contributed by atoms with van der Waals surface area (Å²) in [5.41, 5.74) is 4.24. The molecule has 23 heavy (non-hydrogen) atoms. The molecule has 2 aromatic rings. The molecular formula is C18H27N3O2+2. The number of pyridine rings is 1. The molecule has 0 unspecified atom stereocenters. The molecular weight excluding hydrogens is 290 g/mol. The summed E-state index contributed by atoms with van der Waals surface area (Å²) in [7, 11) is 0. The maximum absolute atomic E-state index is 12.3. The Morgan fingerprint density at radius 3 is 2.78 bits per heavy atom. The topological polar surface area (TPSA) is 63.1 Å². The van der Waals surface area contributed by atoms with Gasteiger partial charge < -0.3 is 19.9 Å². The van der Waals surface area contributed by atoms with Gasteiger partial charge in [0.05, 0.1) is 18.8 Å². The van der Waals surface area contributed by atoms with Crippen LogP contribution in [0.1, 0.15) is 16.7 Å². The van der Waals surface area contributed by atoms with Crippen molar-refractivity contribution in [3.05, 3.63) is 45.2 Å².